The molecule has 2 heterocycles. The molecule has 1 amide bonds. The van der Waals surface area contributed by atoms with E-state index >= 15 is 0 Å². The molecular formula is C26H24N4O3S. The Kier molecular flexibility index (Phi) is 6.22. The monoisotopic (exact) mass is 472 g/mol. The number of amides is 1. The van der Waals surface area contributed by atoms with Gasteiger partial charge in [-0.25, -0.2) is 0 Å². The second-order valence-electron chi connectivity index (χ2n) is 7.92. The van der Waals surface area contributed by atoms with Gasteiger partial charge in [0.05, 0.1) is 5.25 Å². The number of nitrogens with zero attached hydrogens (tertiary/aromatic N) is 3. The maximum atomic E-state index is 12.9. The molecule has 0 spiro atoms. The molecule has 0 saturated heterocycles. The molecule has 7 nitrogen and oxygen atoms in total. The largest absolute Gasteiger partial charge is 0.485 e. The van der Waals surface area contributed by atoms with Crippen molar-refractivity contribution in [3.05, 3.63) is 85.2 Å². The molecule has 4 aromatic rings. The van der Waals surface area contributed by atoms with Crippen LogP contribution in [0.25, 0.3) is 10.8 Å². The van der Waals surface area contributed by atoms with Gasteiger partial charge in [-0.3, -0.25) is 9.36 Å². The van der Waals surface area contributed by atoms with Crippen LogP contribution in [0, 0.1) is 0 Å². The van der Waals surface area contributed by atoms with Gasteiger partial charge in [-0.2, -0.15) is 0 Å². The van der Waals surface area contributed by atoms with Crippen molar-refractivity contribution in [3.63, 3.8) is 0 Å². The van der Waals surface area contributed by atoms with Crippen LogP contribution in [0.15, 0.2) is 84.5 Å². The molecule has 1 aromatic heterocycles. The van der Waals surface area contributed by atoms with E-state index in [1.165, 1.54) is 11.8 Å². The van der Waals surface area contributed by atoms with Crippen molar-refractivity contribution in [2.75, 3.05) is 11.9 Å². The summed E-state index contributed by atoms with van der Waals surface area (Å²) in [6.45, 7) is 6.53. The first kappa shape index (κ1) is 22.0. The molecule has 0 radical (unpaired) electrons. The van der Waals surface area contributed by atoms with E-state index in [2.05, 4.69) is 22.1 Å². The van der Waals surface area contributed by atoms with Gasteiger partial charge in [0, 0.05) is 12.2 Å². The summed E-state index contributed by atoms with van der Waals surface area (Å²) < 4.78 is 13.9. The van der Waals surface area contributed by atoms with Crippen LogP contribution in [0.4, 0.5) is 5.69 Å². The molecule has 8 heteroatoms. The molecule has 1 aliphatic heterocycles. The summed E-state index contributed by atoms with van der Waals surface area (Å²) in [7, 11) is 0. The highest BCUT2D eigenvalue weighted by Crippen LogP contribution is 2.36. The van der Waals surface area contributed by atoms with E-state index in [0.29, 0.717) is 35.6 Å². The molecule has 2 atom stereocenters. The zero-order valence-corrected chi connectivity index (χ0v) is 19.5. The number of rotatable bonds is 7. The Hall–Kier alpha value is -3.78. The maximum absolute atomic E-state index is 12.9. The van der Waals surface area contributed by atoms with Crippen molar-refractivity contribution in [2.24, 2.45) is 0 Å². The Morgan fingerprint density at radius 2 is 1.91 bits per heavy atom. The molecule has 5 rings (SSSR count). The first-order chi connectivity index (χ1) is 16.6. The van der Waals surface area contributed by atoms with Crippen molar-refractivity contribution in [2.45, 2.75) is 30.0 Å². The lowest BCUT2D eigenvalue weighted by Crippen LogP contribution is -2.25. The first-order valence-electron chi connectivity index (χ1n) is 11.0. The lowest BCUT2D eigenvalue weighted by molar-refractivity contribution is -0.115. The summed E-state index contributed by atoms with van der Waals surface area (Å²) in [5.41, 5.74) is 0.760. The standard InChI is InChI=1S/C26H24N4O3S/c1-3-14-30-24(23-16-32-21-10-6-7-11-22(21)33-23)28-29-26(30)34-17(2)25(31)27-20-13-12-18-8-4-5-9-19(18)15-20/h3-13,15,17,23H,1,14,16H2,2H3,(H,27,31)/t17-,23-/m1/s1. The smallest absolute Gasteiger partial charge is 0.237 e. The van der Waals surface area contributed by atoms with Crippen LogP contribution in [0.5, 0.6) is 11.5 Å². The van der Waals surface area contributed by atoms with E-state index < -0.39 is 11.4 Å². The average Bonchev–Trinajstić information content (AvgIpc) is 3.25. The van der Waals surface area contributed by atoms with E-state index in [9.17, 15) is 4.79 Å². The van der Waals surface area contributed by atoms with Crippen LogP contribution in [0.1, 0.15) is 18.9 Å². The molecule has 0 saturated carbocycles. The predicted octanol–water partition coefficient (Wildman–Crippen LogP) is 5.25. The summed E-state index contributed by atoms with van der Waals surface area (Å²) in [6.07, 6.45) is 1.37. The van der Waals surface area contributed by atoms with E-state index in [-0.39, 0.29) is 5.91 Å². The lowest BCUT2D eigenvalue weighted by atomic mass is 10.1. The minimum atomic E-state index is -0.404. The molecule has 0 aliphatic carbocycles. The van der Waals surface area contributed by atoms with Gasteiger partial charge in [0.15, 0.2) is 28.6 Å². The predicted molar refractivity (Wildman–Crippen MR) is 133 cm³/mol. The van der Waals surface area contributed by atoms with Gasteiger partial charge in [0.2, 0.25) is 5.91 Å². The number of fused-ring (bicyclic) bond motifs is 2. The number of para-hydroxylation sites is 2. The van der Waals surface area contributed by atoms with Crippen molar-refractivity contribution in [1.82, 2.24) is 14.8 Å². The van der Waals surface area contributed by atoms with Crippen LogP contribution in [0.3, 0.4) is 0 Å². The topological polar surface area (TPSA) is 78.3 Å². The summed E-state index contributed by atoms with van der Waals surface area (Å²) in [4.78, 5) is 12.9. The van der Waals surface area contributed by atoms with Gasteiger partial charge in [0.1, 0.15) is 6.61 Å². The zero-order valence-electron chi connectivity index (χ0n) is 18.7. The first-order valence-corrected chi connectivity index (χ1v) is 11.9. The van der Waals surface area contributed by atoms with Crippen LogP contribution < -0.4 is 14.8 Å². The molecule has 34 heavy (non-hydrogen) atoms. The quantitative estimate of drug-likeness (QED) is 0.292. The number of thioether (sulfide) groups is 1. The third kappa shape index (κ3) is 4.49. The van der Waals surface area contributed by atoms with Gasteiger partial charge >= 0.3 is 0 Å². The van der Waals surface area contributed by atoms with Gasteiger partial charge in [-0.1, -0.05) is 60.3 Å². The van der Waals surface area contributed by atoms with E-state index in [1.54, 1.807) is 6.08 Å². The van der Waals surface area contributed by atoms with Crippen molar-refractivity contribution < 1.29 is 14.3 Å². The van der Waals surface area contributed by atoms with Crippen LogP contribution in [0.2, 0.25) is 0 Å². The van der Waals surface area contributed by atoms with Crippen LogP contribution in [-0.2, 0) is 11.3 Å². The Labute approximate surface area is 201 Å². The number of benzene rings is 3. The number of anilines is 1. The average molecular weight is 473 g/mol. The van der Waals surface area contributed by atoms with Gasteiger partial charge < -0.3 is 14.8 Å². The van der Waals surface area contributed by atoms with Gasteiger partial charge in [-0.15, -0.1) is 16.8 Å². The third-order valence-electron chi connectivity index (χ3n) is 5.52. The fourth-order valence-electron chi connectivity index (χ4n) is 3.80. The summed E-state index contributed by atoms with van der Waals surface area (Å²) in [5, 5.41) is 14.2. The molecular weight excluding hydrogens is 448 g/mol. The van der Waals surface area contributed by atoms with E-state index in [4.69, 9.17) is 9.47 Å². The lowest BCUT2D eigenvalue weighted by Gasteiger charge is -2.26. The molecule has 0 bridgehead atoms. The minimum absolute atomic E-state index is 0.110. The zero-order chi connectivity index (χ0) is 23.5. The van der Waals surface area contributed by atoms with E-state index in [1.807, 2.05) is 78.2 Å². The highest BCUT2D eigenvalue weighted by Gasteiger charge is 2.29. The highest BCUT2D eigenvalue weighted by atomic mass is 32.2. The summed E-state index contributed by atoms with van der Waals surface area (Å²) in [5.74, 6) is 1.91. The molecule has 0 fully saturated rings. The number of allylic oxidation sites excluding steroid dienone is 1. The Morgan fingerprint density at radius 1 is 1.15 bits per heavy atom. The van der Waals surface area contributed by atoms with Gasteiger partial charge in [0.25, 0.3) is 0 Å². The Morgan fingerprint density at radius 3 is 2.74 bits per heavy atom. The molecule has 0 unspecified atom stereocenters. The Bertz CT molecular complexity index is 1350. The molecule has 1 aliphatic rings. The number of hydrogen-bond donors (Lipinski definition) is 1. The number of aromatic nitrogens is 3. The fraction of sp³-hybridized carbons (Fsp3) is 0.192. The van der Waals surface area contributed by atoms with Gasteiger partial charge in [-0.05, 0) is 42.0 Å². The molecule has 1 N–H and O–H groups in total. The van der Waals surface area contributed by atoms with Crippen molar-refractivity contribution in [1.29, 1.82) is 0 Å². The summed E-state index contributed by atoms with van der Waals surface area (Å²) >= 11 is 1.34. The van der Waals surface area contributed by atoms with Crippen LogP contribution >= 0.6 is 11.8 Å². The normalized spacial score (nSPS) is 15.6. The SMILES string of the molecule is C=CCn1c(S[C@H](C)C(=O)Nc2ccc3ccccc3c2)nnc1[C@H]1COc2ccccc2O1. The molecule has 3 aromatic carbocycles. The number of ether oxygens (including phenoxy) is 2. The Balaban J connectivity index is 1.31. The second kappa shape index (κ2) is 9.61. The minimum Gasteiger partial charge on any atom is -0.485 e. The second-order valence-corrected chi connectivity index (χ2v) is 9.22. The fourth-order valence-corrected chi connectivity index (χ4v) is 4.66. The number of carbonyl (C=O) groups excluding carboxylic acids is 1. The third-order valence-corrected chi connectivity index (χ3v) is 6.60. The summed E-state index contributed by atoms with van der Waals surface area (Å²) in [6, 6.07) is 21.5. The van der Waals surface area contributed by atoms with Crippen LogP contribution in [-0.4, -0.2) is 32.5 Å². The van der Waals surface area contributed by atoms with Crippen molar-refractivity contribution >= 4 is 34.1 Å². The van der Waals surface area contributed by atoms with E-state index in [0.717, 1.165) is 16.5 Å². The van der Waals surface area contributed by atoms with Crippen molar-refractivity contribution in [3.8, 4) is 11.5 Å². The number of hydrogen-bond acceptors (Lipinski definition) is 6. The number of nitrogens with one attached hydrogen (secondary N) is 1. The molecule has 172 valence electrons. The highest BCUT2D eigenvalue weighted by molar-refractivity contribution is 8.00. The number of carbonyl (C=O) groups is 1. The maximum Gasteiger partial charge on any atom is 0.237 e.